The number of carbonyl (C=O) groups is 4. The standard InChI is InChI=1S/C29H36FN5O6/c1-17-13-19(5-6-20(17)30)15-32-24(39)22-23(38)26(41)35-16-28(11-12-31-18(2)36)7-9-29(10-8-28,27(35)33-22)14-21(37)25(40)34(3)4/h5-6,13,38H,7-12,14-16H2,1-4H3,(H,31,36)(H,32,39). The maximum atomic E-state index is 13.6. The number of aryl methyl sites for hydroxylation is 1. The zero-order chi connectivity index (χ0) is 30.1. The van der Waals surface area contributed by atoms with Gasteiger partial charge in [0, 0.05) is 52.5 Å². The molecule has 1 fully saturated rings. The first-order valence-corrected chi connectivity index (χ1v) is 13.6. The van der Waals surface area contributed by atoms with Crippen LogP contribution in [-0.4, -0.2) is 63.7 Å². The monoisotopic (exact) mass is 569 g/mol. The van der Waals surface area contributed by atoms with E-state index in [0.717, 1.165) is 0 Å². The minimum Gasteiger partial charge on any atom is -0.501 e. The van der Waals surface area contributed by atoms with Crippen LogP contribution in [0.2, 0.25) is 0 Å². The lowest BCUT2D eigenvalue weighted by molar-refractivity contribution is -0.144. The Morgan fingerprint density at radius 2 is 1.80 bits per heavy atom. The van der Waals surface area contributed by atoms with Gasteiger partial charge >= 0.3 is 0 Å². The number of fused-ring (bicyclic) bond motifs is 2. The highest BCUT2D eigenvalue weighted by Gasteiger charge is 2.51. The molecule has 0 spiro atoms. The number of benzene rings is 1. The molecule has 0 unspecified atom stereocenters. The third-order valence-electron chi connectivity index (χ3n) is 8.44. The molecule has 3 amide bonds. The van der Waals surface area contributed by atoms with E-state index >= 15 is 0 Å². The molecule has 2 bridgehead atoms. The molecule has 41 heavy (non-hydrogen) atoms. The van der Waals surface area contributed by atoms with E-state index in [1.165, 1.54) is 42.6 Å². The van der Waals surface area contributed by atoms with Gasteiger partial charge in [0.25, 0.3) is 17.4 Å². The number of hydrogen-bond acceptors (Lipinski definition) is 7. The number of hydrogen-bond donors (Lipinski definition) is 3. The maximum absolute atomic E-state index is 13.6. The number of ketones is 1. The van der Waals surface area contributed by atoms with E-state index in [0.29, 0.717) is 49.8 Å². The van der Waals surface area contributed by atoms with Crippen LogP contribution in [0.1, 0.15) is 72.9 Å². The van der Waals surface area contributed by atoms with Crippen molar-refractivity contribution in [3.05, 3.63) is 57.0 Å². The van der Waals surface area contributed by atoms with Gasteiger partial charge in [-0.2, -0.15) is 0 Å². The van der Waals surface area contributed by atoms with Crippen LogP contribution < -0.4 is 16.2 Å². The van der Waals surface area contributed by atoms with Crippen LogP contribution in [0, 0.1) is 18.2 Å². The van der Waals surface area contributed by atoms with Crippen LogP contribution in [0.3, 0.4) is 0 Å². The molecule has 3 heterocycles. The molecule has 0 radical (unpaired) electrons. The molecule has 11 nitrogen and oxygen atoms in total. The molecule has 5 rings (SSSR count). The molecule has 1 aliphatic carbocycles. The van der Waals surface area contributed by atoms with Crippen molar-refractivity contribution in [1.29, 1.82) is 0 Å². The van der Waals surface area contributed by atoms with Crippen molar-refractivity contribution in [1.82, 2.24) is 25.1 Å². The van der Waals surface area contributed by atoms with E-state index in [1.807, 2.05) is 0 Å². The van der Waals surface area contributed by atoms with Gasteiger partial charge in [-0.3, -0.25) is 28.5 Å². The largest absolute Gasteiger partial charge is 0.501 e. The minimum absolute atomic E-state index is 0.00666. The summed E-state index contributed by atoms with van der Waals surface area (Å²) in [4.78, 5) is 69.6. The molecule has 3 aliphatic rings. The number of Topliss-reactive ketones (excluding diaryl/α,β-unsaturated/α-hetero) is 1. The molecule has 2 aliphatic heterocycles. The van der Waals surface area contributed by atoms with Gasteiger partial charge in [-0.15, -0.1) is 0 Å². The average molecular weight is 570 g/mol. The Bertz CT molecular complexity index is 1460. The molecule has 1 aromatic heterocycles. The first-order chi connectivity index (χ1) is 19.3. The second-order valence-electron chi connectivity index (χ2n) is 11.6. The van der Waals surface area contributed by atoms with E-state index in [2.05, 4.69) is 15.6 Å². The molecule has 1 saturated carbocycles. The van der Waals surface area contributed by atoms with E-state index in [9.17, 15) is 33.5 Å². The molecule has 220 valence electrons. The summed E-state index contributed by atoms with van der Waals surface area (Å²) in [6.07, 6.45) is 2.45. The Balaban J connectivity index is 1.73. The van der Waals surface area contributed by atoms with Gasteiger partial charge in [0.05, 0.1) is 0 Å². The summed E-state index contributed by atoms with van der Waals surface area (Å²) < 4.78 is 15.0. The number of halogens is 1. The Hall–Kier alpha value is -4.09. The quantitative estimate of drug-likeness (QED) is 0.389. The van der Waals surface area contributed by atoms with Gasteiger partial charge in [0.1, 0.15) is 11.6 Å². The van der Waals surface area contributed by atoms with Gasteiger partial charge in [0.2, 0.25) is 17.4 Å². The zero-order valence-corrected chi connectivity index (χ0v) is 23.8. The van der Waals surface area contributed by atoms with Crippen LogP contribution in [0.15, 0.2) is 23.0 Å². The van der Waals surface area contributed by atoms with E-state index in [1.54, 1.807) is 13.0 Å². The van der Waals surface area contributed by atoms with Gasteiger partial charge in [-0.1, -0.05) is 12.1 Å². The van der Waals surface area contributed by atoms with E-state index in [-0.39, 0.29) is 37.1 Å². The number of aromatic nitrogens is 2. The molecule has 1 aromatic carbocycles. The van der Waals surface area contributed by atoms with Crippen molar-refractivity contribution in [2.75, 3.05) is 20.6 Å². The highest BCUT2D eigenvalue weighted by molar-refractivity contribution is 6.36. The normalized spacial score (nSPS) is 21.0. The average Bonchev–Trinajstić information content (AvgIpc) is 3.13. The van der Waals surface area contributed by atoms with E-state index < -0.39 is 45.4 Å². The van der Waals surface area contributed by atoms with Crippen LogP contribution >= 0.6 is 0 Å². The molecular weight excluding hydrogens is 533 g/mol. The highest BCUT2D eigenvalue weighted by atomic mass is 19.1. The molecule has 0 saturated heterocycles. The third kappa shape index (κ3) is 6.01. The van der Waals surface area contributed by atoms with Crippen LogP contribution in [0.4, 0.5) is 4.39 Å². The van der Waals surface area contributed by atoms with Crippen LogP contribution in [0.25, 0.3) is 0 Å². The lowest BCUT2D eigenvalue weighted by atomic mass is 9.62. The van der Waals surface area contributed by atoms with Crippen molar-refractivity contribution in [3.8, 4) is 5.75 Å². The number of carbonyl (C=O) groups excluding carboxylic acids is 4. The Labute approximate surface area is 237 Å². The fraction of sp³-hybridized carbons (Fsp3) is 0.517. The third-order valence-corrected chi connectivity index (χ3v) is 8.44. The number of rotatable bonds is 9. The lowest BCUT2D eigenvalue weighted by Crippen LogP contribution is -2.42. The van der Waals surface area contributed by atoms with Crippen molar-refractivity contribution < 1.29 is 28.7 Å². The second-order valence-corrected chi connectivity index (χ2v) is 11.6. The van der Waals surface area contributed by atoms with Crippen molar-refractivity contribution >= 4 is 23.5 Å². The number of amides is 3. The summed E-state index contributed by atoms with van der Waals surface area (Å²) >= 11 is 0. The summed E-state index contributed by atoms with van der Waals surface area (Å²) in [7, 11) is 2.97. The fourth-order valence-electron chi connectivity index (χ4n) is 6.03. The Kier molecular flexibility index (Phi) is 8.32. The van der Waals surface area contributed by atoms with Gasteiger partial charge in [0.15, 0.2) is 5.69 Å². The van der Waals surface area contributed by atoms with Gasteiger partial charge in [-0.05, 0) is 61.6 Å². The summed E-state index contributed by atoms with van der Waals surface area (Å²) in [5.74, 6) is -3.27. The van der Waals surface area contributed by atoms with Crippen LogP contribution in [0.5, 0.6) is 5.75 Å². The van der Waals surface area contributed by atoms with Gasteiger partial charge in [-0.25, -0.2) is 9.37 Å². The van der Waals surface area contributed by atoms with Gasteiger partial charge < -0.3 is 20.6 Å². The first-order valence-electron chi connectivity index (χ1n) is 13.6. The topological polar surface area (TPSA) is 151 Å². The number of aromatic hydroxyl groups is 1. The van der Waals surface area contributed by atoms with Crippen molar-refractivity contribution in [2.45, 2.75) is 70.9 Å². The first kappa shape index (κ1) is 29.9. The molecule has 3 N–H and O–H groups in total. The predicted octanol–water partition coefficient (Wildman–Crippen LogP) is 1.71. The maximum Gasteiger partial charge on any atom is 0.296 e. The summed E-state index contributed by atoms with van der Waals surface area (Å²) in [6, 6.07) is 4.38. The number of nitrogens with zero attached hydrogens (tertiary/aromatic N) is 3. The molecule has 2 aromatic rings. The zero-order valence-electron chi connectivity index (χ0n) is 23.8. The predicted molar refractivity (Wildman–Crippen MR) is 147 cm³/mol. The van der Waals surface area contributed by atoms with Crippen molar-refractivity contribution in [2.24, 2.45) is 5.41 Å². The smallest absolute Gasteiger partial charge is 0.296 e. The molecule has 0 atom stereocenters. The number of nitrogens with one attached hydrogen (secondary N) is 2. The minimum atomic E-state index is -0.993. The summed E-state index contributed by atoms with van der Waals surface area (Å²) in [6.45, 7) is 3.62. The SMILES string of the molecule is CC(=O)NCCC12CCC(CC(=O)C(=O)N(C)C)(CC1)c1nc(C(=O)NCc3ccc(F)c(C)c3)c(O)c(=O)n1C2. The van der Waals surface area contributed by atoms with E-state index in [4.69, 9.17) is 0 Å². The Morgan fingerprint density at radius 1 is 1.12 bits per heavy atom. The highest BCUT2D eigenvalue weighted by Crippen LogP contribution is 2.53. The second kappa shape index (κ2) is 11.4. The fourth-order valence-corrected chi connectivity index (χ4v) is 6.03. The summed E-state index contributed by atoms with van der Waals surface area (Å²) in [5.41, 5.74) is -1.65. The Morgan fingerprint density at radius 3 is 2.41 bits per heavy atom. The van der Waals surface area contributed by atoms with Crippen molar-refractivity contribution in [3.63, 3.8) is 0 Å². The lowest BCUT2D eigenvalue weighted by Gasteiger charge is -2.41. The number of likely N-dealkylation sites (N-methyl/N-ethyl adjacent to an activating group) is 1. The molecule has 12 heteroatoms. The van der Waals surface area contributed by atoms with Crippen LogP contribution in [-0.2, 0) is 32.9 Å². The summed E-state index contributed by atoms with van der Waals surface area (Å²) in [5, 5.41) is 16.3. The molecular formula is C29H36FN5O6.